The molecule has 21 heavy (non-hydrogen) atoms. The van der Waals surface area contributed by atoms with Crippen LogP contribution >= 0.6 is 0 Å². The van der Waals surface area contributed by atoms with E-state index in [1.54, 1.807) is 18.2 Å². The van der Waals surface area contributed by atoms with Crippen molar-refractivity contribution in [1.29, 1.82) is 0 Å². The fourth-order valence-electron chi connectivity index (χ4n) is 1.82. The average Bonchev–Trinajstić information content (AvgIpc) is 2.52. The molecule has 0 amide bonds. The number of benzene rings is 2. The summed E-state index contributed by atoms with van der Waals surface area (Å²) < 4.78 is 28.7. The van der Waals surface area contributed by atoms with Crippen LogP contribution in [0.1, 0.15) is 10.4 Å². The monoisotopic (exact) mass is 290 g/mol. The first-order valence-corrected chi connectivity index (χ1v) is 6.28. The van der Waals surface area contributed by atoms with Crippen molar-refractivity contribution in [3.63, 3.8) is 0 Å². The largest absolute Gasteiger partial charge is 0.493 e. The molecule has 110 valence electrons. The molecule has 0 aliphatic heterocycles. The van der Waals surface area contributed by atoms with Gasteiger partial charge >= 0.3 is 0 Å². The van der Waals surface area contributed by atoms with Crippen LogP contribution in [-0.4, -0.2) is 26.6 Å². The zero-order chi connectivity index (χ0) is 15.2. The molecule has 0 spiro atoms. The van der Waals surface area contributed by atoms with Crippen LogP contribution in [0.25, 0.3) is 0 Å². The van der Waals surface area contributed by atoms with Gasteiger partial charge in [0.2, 0.25) is 5.75 Å². The van der Waals surface area contributed by atoms with Gasteiger partial charge in [-0.3, -0.25) is 4.79 Å². The highest BCUT2D eigenvalue weighted by Gasteiger charge is 2.14. The maximum absolute atomic E-state index is 12.8. The van der Waals surface area contributed by atoms with Crippen molar-refractivity contribution >= 4 is 5.78 Å². The fraction of sp³-hybridized carbons (Fsp3) is 0.188. The summed E-state index contributed by atoms with van der Waals surface area (Å²) in [7, 11) is 3.01. The third-order valence-electron chi connectivity index (χ3n) is 2.90. The second-order valence-electron chi connectivity index (χ2n) is 4.21. The number of para-hydroxylation sites is 1. The fourth-order valence-corrected chi connectivity index (χ4v) is 1.82. The number of ketones is 1. The molecule has 2 aromatic carbocycles. The number of methoxy groups -OCH3 is 2. The molecular weight excluding hydrogens is 275 g/mol. The van der Waals surface area contributed by atoms with Crippen LogP contribution < -0.4 is 14.2 Å². The van der Waals surface area contributed by atoms with E-state index in [0.29, 0.717) is 22.8 Å². The molecule has 0 saturated heterocycles. The Kier molecular flexibility index (Phi) is 4.77. The van der Waals surface area contributed by atoms with Crippen LogP contribution in [-0.2, 0) is 0 Å². The minimum absolute atomic E-state index is 0.192. The third kappa shape index (κ3) is 3.51. The van der Waals surface area contributed by atoms with Crippen molar-refractivity contribution in [1.82, 2.24) is 0 Å². The first-order valence-electron chi connectivity index (χ1n) is 6.28. The molecule has 0 aliphatic carbocycles. The molecular formula is C16H15FO4. The van der Waals surface area contributed by atoms with E-state index in [-0.39, 0.29) is 18.2 Å². The van der Waals surface area contributed by atoms with E-state index < -0.39 is 0 Å². The Morgan fingerprint density at radius 2 is 1.57 bits per heavy atom. The highest BCUT2D eigenvalue weighted by molar-refractivity contribution is 5.97. The van der Waals surface area contributed by atoms with Crippen LogP contribution in [0.5, 0.6) is 17.2 Å². The van der Waals surface area contributed by atoms with E-state index in [4.69, 9.17) is 14.2 Å². The van der Waals surface area contributed by atoms with Gasteiger partial charge in [-0.2, -0.15) is 0 Å². The standard InChI is InChI=1S/C16H15FO4/c1-19-14-4-3-5-15(20-2)16(14)21-10-13(18)11-6-8-12(17)9-7-11/h3-9H,10H2,1-2H3. The van der Waals surface area contributed by atoms with Crippen molar-refractivity contribution < 1.29 is 23.4 Å². The molecule has 0 radical (unpaired) electrons. The summed E-state index contributed by atoms with van der Waals surface area (Å²) in [6.45, 7) is -0.192. The normalized spacial score (nSPS) is 10.0. The Labute approximate surface area is 122 Å². The van der Waals surface area contributed by atoms with Crippen molar-refractivity contribution in [2.24, 2.45) is 0 Å². The zero-order valence-electron chi connectivity index (χ0n) is 11.8. The van der Waals surface area contributed by atoms with Gasteiger partial charge in [0.15, 0.2) is 23.9 Å². The number of carbonyl (C=O) groups is 1. The van der Waals surface area contributed by atoms with Gasteiger partial charge in [-0.25, -0.2) is 4.39 Å². The van der Waals surface area contributed by atoms with Crippen molar-refractivity contribution in [2.75, 3.05) is 20.8 Å². The van der Waals surface area contributed by atoms with Crippen LogP contribution in [0.2, 0.25) is 0 Å². The van der Waals surface area contributed by atoms with E-state index >= 15 is 0 Å². The lowest BCUT2D eigenvalue weighted by atomic mass is 10.1. The molecule has 0 aliphatic rings. The Balaban J connectivity index is 2.12. The smallest absolute Gasteiger partial charge is 0.203 e. The van der Waals surface area contributed by atoms with E-state index in [1.807, 2.05) is 0 Å². The van der Waals surface area contributed by atoms with Gasteiger partial charge in [-0.1, -0.05) is 6.07 Å². The Hall–Kier alpha value is -2.56. The maximum Gasteiger partial charge on any atom is 0.203 e. The molecule has 0 unspecified atom stereocenters. The predicted molar refractivity (Wildman–Crippen MR) is 75.8 cm³/mol. The Bertz CT molecular complexity index is 600. The molecule has 2 aromatic rings. The lowest BCUT2D eigenvalue weighted by Crippen LogP contribution is -2.12. The van der Waals surface area contributed by atoms with E-state index in [9.17, 15) is 9.18 Å². The van der Waals surface area contributed by atoms with Gasteiger partial charge in [0, 0.05) is 5.56 Å². The Morgan fingerprint density at radius 3 is 2.10 bits per heavy atom. The number of ether oxygens (including phenoxy) is 3. The molecule has 0 saturated carbocycles. The predicted octanol–water partition coefficient (Wildman–Crippen LogP) is 3.10. The summed E-state index contributed by atoms with van der Waals surface area (Å²) in [5.41, 5.74) is 0.380. The van der Waals surface area contributed by atoms with Crippen molar-refractivity contribution in [3.8, 4) is 17.2 Å². The van der Waals surface area contributed by atoms with Crippen molar-refractivity contribution in [2.45, 2.75) is 0 Å². The number of hydrogen-bond donors (Lipinski definition) is 0. The number of Topliss-reactive ketones (excluding diaryl/α,β-unsaturated/α-hetero) is 1. The topological polar surface area (TPSA) is 44.8 Å². The van der Waals surface area contributed by atoms with E-state index in [0.717, 1.165) is 0 Å². The summed E-state index contributed by atoms with van der Waals surface area (Å²) in [6, 6.07) is 10.5. The van der Waals surface area contributed by atoms with Crippen molar-refractivity contribution in [3.05, 3.63) is 53.8 Å². The zero-order valence-corrected chi connectivity index (χ0v) is 11.8. The molecule has 0 heterocycles. The third-order valence-corrected chi connectivity index (χ3v) is 2.90. The SMILES string of the molecule is COc1cccc(OC)c1OCC(=O)c1ccc(F)cc1. The number of carbonyl (C=O) groups excluding carboxylic acids is 1. The lowest BCUT2D eigenvalue weighted by molar-refractivity contribution is 0.0917. The molecule has 0 bridgehead atoms. The van der Waals surface area contributed by atoms with Gasteiger partial charge in [0.1, 0.15) is 5.82 Å². The minimum atomic E-state index is -0.390. The molecule has 0 aromatic heterocycles. The molecule has 4 nitrogen and oxygen atoms in total. The van der Waals surface area contributed by atoms with Gasteiger partial charge in [0.05, 0.1) is 14.2 Å². The number of rotatable bonds is 6. The molecule has 5 heteroatoms. The van der Waals surface area contributed by atoms with Crippen LogP contribution in [0.3, 0.4) is 0 Å². The summed E-state index contributed by atoms with van der Waals surface area (Å²) in [5.74, 6) is 0.655. The summed E-state index contributed by atoms with van der Waals surface area (Å²) in [5, 5.41) is 0. The lowest BCUT2D eigenvalue weighted by Gasteiger charge is -2.13. The Morgan fingerprint density at radius 1 is 1.00 bits per heavy atom. The maximum atomic E-state index is 12.8. The minimum Gasteiger partial charge on any atom is -0.493 e. The van der Waals surface area contributed by atoms with Crippen LogP contribution in [0.4, 0.5) is 4.39 Å². The molecule has 0 N–H and O–H groups in total. The van der Waals surface area contributed by atoms with Gasteiger partial charge in [-0.15, -0.1) is 0 Å². The van der Waals surface area contributed by atoms with Crippen LogP contribution in [0, 0.1) is 5.82 Å². The second kappa shape index (κ2) is 6.74. The molecule has 0 fully saturated rings. The highest BCUT2D eigenvalue weighted by atomic mass is 19.1. The van der Waals surface area contributed by atoms with Crippen LogP contribution in [0.15, 0.2) is 42.5 Å². The summed E-state index contributed by atoms with van der Waals surface area (Å²) in [4.78, 5) is 12.0. The second-order valence-corrected chi connectivity index (χ2v) is 4.21. The first-order chi connectivity index (χ1) is 10.2. The molecule has 2 rings (SSSR count). The average molecular weight is 290 g/mol. The van der Waals surface area contributed by atoms with Gasteiger partial charge in [0.25, 0.3) is 0 Å². The summed E-state index contributed by atoms with van der Waals surface area (Å²) >= 11 is 0. The van der Waals surface area contributed by atoms with E-state index in [1.165, 1.54) is 38.5 Å². The number of halogens is 1. The first kappa shape index (κ1) is 14.8. The molecule has 0 atom stereocenters. The van der Waals surface area contributed by atoms with E-state index in [2.05, 4.69) is 0 Å². The number of hydrogen-bond acceptors (Lipinski definition) is 4. The van der Waals surface area contributed by atoms with Gasteiger partial charge in [-0.05, 0) is 36.4 Å². The quantitative estimate of drug-likeness (QED) is 0.767. The van der Waals surface area contributed by atoms with Gasteiger partial charge < -0.3 is 14.2 Å². The highest BCUT2D eigenvalue weighted by Crippen LogP contribution is 2.36. The summed E-state index contributed by atoms with van der Waals surface area (Å²) in [6.07, 6.45) is 0.